The van der Waals surface area contributed by atoms with E-state index in [1.165, 1.54) is 0 Å². The molecule has 0 nitrogen and oxygen atoms in total. The van der Waals surface area contributed by atoms with E-state index in [1.807, 2.05) is 0 Å². The minimum absolute atomic E-state index is 0. The fraction of sp³-hybridized carbons (Fsp3) is 0. The van der Waals surface area contributed by atoms with E-state index in [0.29, 0.717) is 0 Å². The maximum absolute atomic E-state index is 3.67. The topological polar surface area (TPSA) is 0 Å². The molecule has 0 amide bonds. The van der Waals surface area contributed by atoms with E-state index in [-0.39, 0.29) is 194 Å². The molecule has 0 aromatic carbocycles. The van der Waals surface area contributed by atoms with Gasteiger partial charge in [0.15, 0.2) is 0 Å². The van der Waals surface area contributed by atoms with Crippen LogP contribution < -0.4 is 0 Å². The molecule has 0 bridgehead atoms. The third kappa shape index (κ3) is 199. The summed E-state index contributed by atoms with van der Waals surface area (Å²) in [7, 11) is 0. The standard InChI is InChI=1S/I2.3S2.5H2S.6W/c4*1-2;;;;;;;;;;;/h;;;;5*1H2;;;;;;/q;3*-2;;;;;;;;;;;+2/p-5. The van der Waals surface area contributed by atoms with Crippen molar-refractivity contribution in [2.75, 3.05) is 0 Å². The molecule has 19 heavy (non-hydrogen) atoms. The number of thiol groups is 5. The molecule has 0 aliphatic rings. The first-order chi connectivity index (χ1) is 4.00. The van der Waals surface area contributed by atoms with Crippen molar-refractivity contribution in [3.63, 3.8) is 0 Å². The molecule has 0 unspecified atom stereocenters. The van der Waals surface area contributed by atoms with Crippen molar-refractivity contribution in [2.24, 2.45) is 0 Å². The Morgan fingerprint density at radius 1 is 0.368 bits per heavy atom. The molecule has 0 atom stereocenters. The molecule has 0 N–H and O–H groups in total. The zero-order chi connectivity index (χ0) is 8.00. The molecule has 0 aliphatic carbocycles. The predicted molar refractivity (Wildman–Crippen MR) is 116 cm³/mol. The quantitative estimate of drug-likeness (QED) is 0.144. The fourth-order valence-corrected chi connectivity index (χ4v) is 0. The van der Waals surface area contributed by atoms with Gasteiger partial charge < -0.3 is 137 Å². The maximum atomic E-state index is 3.67. The van der Waals surface area contributed by atoms with Gasteiger partial charge in [-0.05, 0) is 0 Å². The van der Waals surface area contributed by atoms with Crippen molar-refractivity contribution >= 4 is 175 Å². The zero-order valence-corrected chi connectivity index (χ0v) is 39.2. The first kappa shape index (κ1) is 119. The normalized spacial score (nSPS) is 1.26. The molecule has 0 rings (SSSR count). The summed E-state index contributed by atoms with van der Waals surface area (Å²) in [6.07, 6.45) is 0. The molecule has 0 fully saturated rings. The second-order valence-electron chi connectivity index (χ2n) is 0. The SMILES string of the molecule is II.[S-][S-].[S-][S-].[S-][S-].[SH-].[SH-].[SH-].[SH-].[SH-].[W+2].[W].[W].[W].[W].[W]. The summed E-state index contributed by atoms with van der Waals surface area (Å²) in [6, 6.07) is 0. The monoisotopic (exact) mass is 1710 g/mol. The van der Waals surface area contributed by atoms with Gasteiger partial charge in [-0.1, -0.05) is 0 Å². The van der Waals surface area contributed by atoms with E-state index in [4.69, 9.17) is 0 Å². The van der Waals surface area contributed by atoms with Crippen molar-refractivity contribution in [1.29, 1.82) is 0 Å². The van der Waals surface area contributed by atoms with E-state index < -0.39 is 0 Å². The zero-order valence-electron chi connectivity index (χ0n) is 7.89. The van der Waals surface area contributed by atoms with Gasteiger partial charge in [0, 0.05) is 143 Å². The van der Waals surface area contributed by atoms with Crippen molar-refractivity contribution in [2.45, 2.75) is 0 Å². The maximum Gasteiger partial charge on any atom is 2.00 e. The molecule has 19 heteroatoms. The second kappa shape index (κ2) is 215. The minimum atomic E-state index is 0. The Kier molecular flexibility index (Phi) is 1340. The van der Waals surface area contributed by atoms with Crippen LogP contribution in [0.25, 0.3) is 0 Å². The van der Waals surface area contributed by atoms with Crippen molar-refractivity contribution in [3.8, 4) is 0 Å². The predicted octanol–water partition coefficient (Wildman–Crippen LogP) is 0.392. The van der Waals surface area contributed by atoms with Crippen LogP contribution in [-0.4, -0.2) is 0 Å². The van der Waals surface area contributed by atoms with Gasteiger partial charge >= 0.3 is 21.1 Å². The average Bonchev–Trinajstić information content (AvgIpc) is 2.03. The molecule has 0 aromatic rings. The van der Waals surface area contributed by atoms with Gasteiger partial charge in [-0.2, -0.15) is 0 Å². The van der Waals surface area contributed by atoms with E-state index in [9.17, 15) is 0 Å². The fourth-order valence-electron chi connectivity index (χ4n) is 0. The molecular formula is H5I2S11W6-9. The molecule has 0 saturated heterocycles. The van der Waals surface area contributed by atoms with Crippen LogP contribution in [0.1, 0.15) is 0 Å². The van der Waals surface area contributed by atoms with Gasteiger partial charge in [0.2, 0.25) is 0 Å². The molecule has 130 valence electrons. The smallest absolute Gasteiger partial charge is 1.00 e. The number of hydrogen-bond acceptors (Lipinski definition) is 11. The molecule has 0 radical (unpaired) electrons. The summed E-state index contributed by atoms with van der Waals surface area (Å²) < 4.78 is 0. The molecule has 0 spiro atoms. The van der Waals surface area contributed by atoms with E-state index >= 15 is 0 Å². The van der Waals surface area contributed by atoms with Gasteiger partial charge in [0.05, 0.1) is 0 Å². The summed E-state index contributed by atoms with van der Waals surface area (Å²) in [5, 5.41) is 0. The van der Waals surface area contributed by atoms with Gasteiger partial charge in [-0.3, -0.25) is 0 Å². The number of rotatable bonds is 0. The molecule has 0 aliphatic heterocycles. The van der Waals surface area contributed by atoms with Crippen LogP contribution in [0.2, 0.25) is 0 Å². The molecule has 0 aromatic heterocycles. The van der Waals surface area contributed by atoms with Gasteiger partial charge in [0.1, 0.15) is 0 Å². The van der Waals surface area contributed by atoms with Crippen LogP contribution in [0.5, 0.6) is 0 Å². The van der Waals surface area contributed by atoms with Crippen LogP contribution in [-0.2, 0) is 264 Å². The average molecular weight is 1710 g/mol. The third-order valence-corrected chi connectivity index (χ3v) is 0. The summed E-state index contributed by atoms with van der Waals surface area (Å²) in [4.78, 5) is 0. The summed E-state index contributed by atoms with van der Waals surface area (Å²) in [6.45, 7) is 0. The van der Waals surface area contributed by atoms with Crippen LogP contribution in [0.3, 0.4) is 0 Å². The third-order valence-electron chi connectivity index (χ3n) is 0. The Labute approximate surface area is 293 Å². The van der Waals surface area contributed by atoms with Crippen LogP contribution in [0.15, 0.2) is 0 Å². The van der Waals surface area contributed by atoms with Crippen LogP contribution in [0.4, 0.5) is 0 Å². The molecule has 0 heterocycles. The minimum Gasteiger partial charge on any atom is -1.00 e. The van der Waals surface area contributed by atoms with Gasteiger partial charge in [-0.15, -0.1) is 0 Å². The summed E-state index contributed by atoms with van der Waals surface area (Å²) >= 11 is 26.2. The number of hydrogen-bond donors (Lipinski definition) is 0. The Hall–Kier alpha value is 9.44. The van der Waals surface area contributed by atoms with E-state index in [0.717, 1.165) is 0 Å². The number of halogens is 2. The largest absolute Gasteiger partial charge is 2.00 e. The Balaban J connectivity index is -0.000000000724. The van der Waals surface area contributed by atoms with E-state index in [2.05, 4.69) is 107 Å². The first-order valence-electron chi connectivity index (χ1n) is 0.643. The Bertz CT molecular complexity index is 25.1. The van der Waals surface area contributed by atoms with Crippen LogP contribution >= 0.6 is 37.2 Å². The summed E-state index contributed by atoms with van der Waals surface area (Å²) in [5.41, 5.74) is 0. The van der Waals surface area contributed by atoms with Crippen LogP contribution in [0, 0.1) is 0 Å². The van der Waals surface area contributed by atoms with Crippen molar-refractivity contribution in [3.05, 3.63) is 0 Å². The first-order valence-corrected chi connectivity index (χ1v) is 10.9. The van der Waals surface area contributed by atoms with Crippen molar-refractivity contribution < 1.29 is 126 Å². The second-order valence-corrected chi connectivity index (χ2v) is 0. The molecular weight excluding hydrogens is 1710 g/mol. The van der Waals surface area contributed by atoms with E-state index in [1.54, 1.807) is 0 Å². The summed E-state index contributed by atoms with van der Waals surface area (Å²) in [5.74, 6) is 0. The van der Waals surface area contributed by atoms with Gasteiger partial charge in [0.25, 0.3) is 0 Å². The molecule has 0 saturated carbocycles. The Morgan fingerprint density at radius 3 is 0.368 bits per heavy atom. The van der Waals surface area contributed by atoms with Gasteiger partial charge in [-0.25, -0.2) is 0 Å². The Morgan fingerprint density at radius 2 is 0.368 bits per heavy atom. The van der Waals surface area contributed by atoms with Crippen molar-refractivity contribution in [1.82, 2.24) is 0 Å².